The molecule has 1 saturated carbocycles. The molecule has 0 bridgehead atoms. The summed E-state index contributed by atoms with van der Waals surface area (Å²) in [5.41, 5.74) is -3.08. The van der Waals surface area contributed by atoms with Crippen molar-refractivity contribution in [3.63, 3.8) is 0 Å². The Kier molecular flexibility index (Phi) is 7.25. The molecule has 1 saturated heterocycles. The lowest BCUT2D eigenvalue weighted by molar-refractivity contribution is -0.275. The molecule has 4 aliphatic rings. The third-order valence-electron chi connectivity index (χ3n) is 10.5. The second kappa shape index (κ2) is 10.7. The first-order chi connectivity index (χ1) is 21.7. The fourth-order valence-corrected chi connectivity index (χ4v) is 8.88. The summed E-state index contributed by atoms with van der Waals surface area (Å²) < 4.78 is 42.0. The molecule has 0 radical (unpaired) electrons. The van der Waals surface area contributed by atoms with E-state index >= 15 is 0 Å². The fourth-order valence-electron chi connectivity index (χ4n) is 7.61. The van der Waals surface area contributed by atoms with Crippen molar-refractivity contribution < 1.29 is 27.9 Å². The number of pyridine rings is 1. The predicted octanol–water partition coefficient (Wildman–Crippen LogP) is 3.44. The Labute approximate surface area is 266 Å². The van der Waals surface area contributed by atoms with Crippen LogP contribution in [0.3, 0.4) is 0 Å². The maximum Gasteiger partial charge on any atom is 0.417 e. The van der Waals surface area contributed by atoms with E-state index in [1.54, 1.807) is 13.0 Å². The number of aryl methyl sites for hydroxylation is 2. The van der Waals surface area contributed by atoms with Gasteiger partial charge in [-0.3, -0.25) is 19.0 Å². The molecule has 2 aliphatic carbocycles. The number of aliphatic hydroxyl groups is 1. The van der Waals surface area contributed by atoms with Crippen LogP contribution in [-0.4, -0.2) is 85.8 Å². The number of rotatable bonds is 3. The fraction of sp³-hybridized carbons (Fsp3) is 0.581. The highest BCUT2D eigenvalue weighted by molar-refractivity contribution is 7.19. The van der Waals surface area contributed by atoms with Crippen LogP contribution in [0.2, 0.25) is 0 Å². The Hall–Kier alpha value is -3.56. The number of nitrogens with zero attached hydrogens (tertiary/aromatic N) is 5. The van der Waals surface area contributed by atoms with Crippen molar-refractivity contribution in [2.75, 3.05) is 32.0 Å². The molecule has 2 atom stereocenters. The summed E-state index contributed by atoms with van der Waals surface area (Å²) in [7, 11) is 2.07. The zero-order chi connectivity index (χ0) is 32.8. The van der Waals surface area contributed by atoms with Crippen molar-refractivity contribution in [1.29, 1.82) is 0 Å². The number of thiophene rings is 1. The van der Waals surface area contributed by atoms with Crippen LogP contribution in [-0.2, 0) is 23.3 Å². The zero-order valence-corrected chi connectivity index (χ0v) is 26.6. The summed E-state index contributed by atoms with van der Waals surface area (Å²) in [5, 5.41) is 17.0. The molecule has 1 unspecified atom stereocenters. The lowest BCUT2D eigenvalue weighted by Crippen LogP contribution is -2.57. The summed E-state index contributed by atoms with van der Waals surface area (Å²) >= 11 is 1.52. The average Bonchev–Trinajstić information content (AvgIpc) is 3.53. The normalized spacial score (nSPS) is 28.3. The number of fused-ring (bicyclic) bond motifs is 5. The minimum Gasteiger partial charge on any atom is -0.380 e. The molecule has 15 heteroatoms. The molecule has 3 aromatic heterocycles. The largest absolute Gasteiger partial charge is 0.417 e. The summed E-state index contributed by atoms with van der Waals surface area (Å²) in [6.45, 7) is 6.08. The van der Waals surface area contributed by atoms with Crippen molar-refractivity contribution in [1.82, 2.24) is 29.7 Å². The molecule has 2 fully saturated rings. The predicted molar refractivity (Wildman–Crippen MR) is 165 cm³/mol. The molecular weight excluding hydrogens is 623 g/mol. The molecule has 2 aliphatic heterocycles. The van der Waals surface area contributed by atoms with Crippen LogP contribution in [0.5, 0.6) is 0 Å². The highest BCUT2D eigenvalue weighted by atomic mass is 32.1. The van der Waals surface area contributed by atoms with E-state index in [1.807, 2.05) is 4.90 Å². The molecule has 0 aromatic carbocycles. The molecule has 3 aromatic rings. The summed E-state index contributed by atoms with van der Waals surface area (Å²) in [5.74, 6) is -0.0532. The first-order valence-corrected chi connectivity index (χ1v) is 16.4. The minimum absolute atomic E-state index is 0.0965. The maximum atomic E-state index is 14.0. The van der Waals surface area contributed by atoms with Crippen molar-refractivity contribution in [2.45, 2.75) is 82.3 Å². The van der Waals surface area contributed by atoms with Gasteiger partial charge < -0.3 is 25.5 Å². The number of halogens is 3. The number of anilines is 2. The van der Waals surface area contributed by atoms with Crippen LogP contribution >= 0.6 is 11.3 Å². The number of nitrogens with one attached hydrogen (secondary N) is 2. The van der Waals surface area contributed by atoms with Gasteiger partial charge in [0.05, 0.1) is 5.39 Å². The Bertz CT molecular complexity index is 1810. The smallest absolute Gasteiger partial charge is 0.380 e. The SMILES string of the molecule is Cc1cc(Nc2ncnc3sc4c(c23)CC[C@H](C(=O)N2CCN(C)C(C)C2)C4)c(=O)n2c1C(=O)NC21CCC(O)(C(F)(F)F)CC1. The topological polar surface area (TPSA) is 133 Å². The van der Waals surface area contributed by atoms with E-state index < -0.39 is 41.7 Å². The van der Waals surface area contributed by atoms with Crippen LogP contribution < -0.4 is 16.2 Å². The monoisotopic (exact) mass is 659 g/mol. The van der Waals surface area contributed by atoms with Gasteiger partial charge in [-0.25, -0.2) is 9.97 Å². The minimum atomic E-state index is -4.82. The highest BCUT2D eigenvalue weighted by Crippen LogP contribution is 2.48. The first-order valence-electron chi connectivity index (χ1n) is 15.6. The molecule has 46 heavy (non-hydrogen) atoms. The van der Waals surface area contributed by atoms with Gasteiger partial charge in [0.1, 0.15) is 34.0 Å². The van der Waals surface area contributed by atoms with E-state index in [0.29, 0.717) is 43.2 Å². The number of carbonyl (C=O) groups excluding carboxylic acids is 2. The summed E-state index contributed by atoms with van der Waals surface area (Å²) in [4.78, 5) is 55.5. The maximum absolute atomic E-state index is 14.0. The molecule has 246 valence electrons. The van der Waals surface area contributed by atoms with Crippen molar-refractivity contribution in [2.24, 2.45) is 5.92 Å². The van der Waals surface area contributed by atoms with Gasteiger partial charge in [-0.15, -0.1) is 11.3 Å². The molecule has 3 N–H and O–H groups in total. The third-order valence-corrected chi connectivity index (χ3v) is 11.7. The average molecular weight is 660 g/mol. The second-order valence-corrected chi connectivity index (χ2v) is 14.4. The van der Waals surface area contributed by atoms with Crippen molar-refractivity contribution in [3.05, 3.63) is 44.4 Å². The molecule has 11 nitrogen and oxygen atoms in total. The van der Waals surface area contributed by atoms with Crippen molar-refractivity contribution >= 4 is 44.9 Å². The number of piperazine rings is 1. The standard InChI is InChI=1S/C31H36F3N7O4S/c1-16-12-20(28(44)41-23(16)25(42)38-30(41)8-6-29(45,7-9-30)31(32,33)34)37-24-22-19-5-4-18(13-21(19)46-26(22)36-15-35-24)27(43)40-11-10-39(3)17(2)14-40/h12,15,17-18,45H,4-11,13-14H2,1-3H3,(H,38,42)(H,35,36,37)/t17?,18-,29?,30?/m0/s1. The van der Waals surface area contributed by atoms with Gasteiger partial charge in [0.25, 0.3) is 11.5 Å². The number of aromatic nitrogens is 3. The highest BCUT2D eigenvalue weighted by Gasteiger charge is 2.59. The van der Waals surface area contributed by atoms with E-state index in [2.05, 4.69) is 39.5 Å². The Morgan fingerprint density at radius 3 is 2.61 bits per heavy atom. The van der Waals surface area contributed by atoms with Crippen molar-refractivity contribution in [3.8, 4) is 0 Å². The van der Waals surface area contributed by atoms with Gasteiger partial charge in [-0.1, -0.05) is 0 Å². The quantitative estimate of drug-likeness (QED) is 0.390. The van der Waals surface area contributed by atoms with Gasteiger partial charge in [0, 0.05) is 36.5 Å². The van der Waals surface area contributed by atoms with E-state index in [1.165, 1.54) is 22.2 Å². The Morgan fingerprint density at radius 1 is 1.17 bits per heavy atom. The van der Waals surface area contributed by atoms with E-state index in [9.17, 15) is 32.7 Å². The molecular formula is C31H36F3N7O4S. The molecule has 5 heterocycles. The van der Waals surface area contributed by atoms with Crippen LogP contribution in [0.25, 0.3) is 10.2 Å². The summed E-state index contributed by atoms with van der Waals surface area (Å²) in [6.07, 6.45) is -3.27. The number of alkyl halides is 3. The van der Waals surface area contributed by atoms with Gasteiger partial charge in [-0.2, -0.15) is 13.2 Å². The van der Waals surface area contributed by atoms with Gasteiger partial charge in [0.2, 0.25) is 5.91 Å². The van der Waals surface area contributed by atoms with E-state index in [0.717, 1.165) is 33.7 Å². The Balaban J connectivity index is 1.19. The van der Waals surface area contributed by atoms with Crippen LogP contribution in [0.15, 0.2) is 17.2 Å². The third kappa shape index (κ3) is 4.80. The summed E-state index contributed by atoms with van der Waals surface area (Å²) in [6, 6.07) is 1.86. The van der Waals surface area contributed by atoms with Gasteiger partial charge in [0.15, 0.2) is 5.60 Å². The molecule has 7 rings (SSSR count). The van der Waals surface area contributed by atoms with Gasteiger partial charge >= 0.3 is 6.18 Å². The van der Waals surface area contributed by atoms with E-state index in [-0.39, 0.29) is 36.0 Å². The van der Waals surface area contributed by atoms with Crippen LogP contribution in [0.4, 0.5) is 24.7 Å². The first kappa shape index (κ1) is 31.1. The number of carbonyl (C=O) groups is 2. The second-order valence-electron chi connectivity index (χ2n) is 13.3. The molecule has 2 amide bonds. The number of hydrogen-bond acceptors (Lipinski definition) is 9. The lowest BCUT2D eigenvalue weighted by atomic mass is 9.78. The van der Waals surface area contributed by atoms with Crippen LogP contribution in [0, 0.1) is 12.8 Å². The van der Waals surface area contributed by atoms with Crippen LogP contribution in [0.1, 0.15) is 65.5 Å². The number of hydrogen-bond donors (Lipinski definition) is 3. The number of likely N-dealkylation sites (N-methyl/N-ethyl adjacent to an activating group) is 1. The Morgan fingerprint density at radius 2 is 1.91 bits per heavy atom. The molecule has 1 spiro atoms. The zero-order valence-electron chi connectivity index (χ0n) is 25.8. The van der Waals surface area contributed by atoms with Gasteiger partial charge in [-0.05, 0) is 83.0 Å². The van der Waals surface area contributed by atoms with E-state index in [4.69, 9.17) is 0 Å². The number of amides is 2. The lowest BCUT2D eigenvalue weighted by Gasteiger charge is -2.43.